The topological polar surface area (TPSA) is 49.3 Å². The molecule has 88 valence electrons. The summed E-state index contributed by atoms with van der Waals surface area (Å²) in [7, 11) is 0. The molecule has 0 aromatic heterocycles. The number of carbonyl (C=O) groups is 1. The molecule has 1 amide bonds. The molecular formula is C11H13Cl2NO2. The molecule has 0 saturated carbocycles. The predicted octanol–water partition coefficient (Wildman–Crippen LogP) is 2.79. The van der Waals surface area contributed by atoms with Crippen molar-refractivity contribution in [2.24, 2.45) is 0 Å². The standard InChI is InChI=1S/C11H13Cl2NO2/c1-2-7(12)6-14-11(16)9-5-8(15)3-4-10(9)13/h3-5,7,15H,2,6H2,1H3,(H,14,16). The fourth-order valence-corrected chi connectivity index (χ4v) is 1.41. The number of hydrogen-bond donors (Lipinski definition) is 2. The van der Waals surface area contributed by atoms with Gasteiger partial charge < -0.3 is 10.4 Å². The Morgan fingerprint density at radius 2 is 2.25 bits per heavy atom. The van der Waals surface area contributed by atoms with Gasteiger partial charge in [-0.3, -0.25) is 4.79 Å². The number of aromatic hydroxyl groups is 1. The summed E-state index contributed by atoms with van der Waals surface area (Å²) in [6.45, 7) is 2.31. The highest BCUT2D eigenvalue weighted by Gasteiger charge is 2.12. The van der Waals surface area contributed by atoms with Crippen LogP contribution < -0.4 is 5.32 Å². The van der Waals surface area contributed by atoms with Gasteiger partial charge in [-0.25, -0.2) is 0 Å². The minimum atomic E-state index is -0.333. The Morgan fingerprint density at radius 1 is 1.56 bits per heavy atom. The van der Waals surface area contributed by atoms with E-state index in [9.17, 15) is 9.90 Å². The zero-order chi connectivity index (χ0) is 12.1. The van der Waals surface area contributed by atoms with Crippen molar-refractivity contribution in [2.45, 2.75) is 18.7 Å². The largest absolute Gasteiger partial charge is 0.508 e. The van der Waals surface area contributed by atoms with E-state index in [1.54, 1.807) is 0 Å². The summed E-state index contributed by atoms with van der Waals surface area (Å²) in [6, 6.07) is 4.23. The Hall–Kier alpha value is -0.930. The molecule has 2 N–H and O–H groups in total. The summed E-state index contributed by atoms with van der Waals surface area (Å²) < 4.78 is 0. The van der Waals surface area contributed by atoms with Crippen molar-refractivity contribution in [3.63, 3.8) is 0 Å². The first-order valence-electron chi connectivity index (χ1n) is 4.95. The van der Waals surface area contributed by atoms with E-state index >= 15 is 0 Å². The average molecular weight is 262 g/mol. The number of phenolic OH excluding ortho intramolecular Hbond substituents is 1. The second-order valence-corrected chi connectivity index (χ2v) is 4.40. The van der Waals surface area contributed by atoms with Crippen molar-refractivity contribution in [1.29, 1.82) is 0 Å². The lowest BCUT2D eigenvalue weighted by molar-refractivity contribution is 0.0953. The van der Waals surface area contributed by atoms with Gasteiger partial charge in [0.2, 0.25) is 0 Å². The molecule has 0 heterocycles. The number of hydrogen-bond acceptors (Lipinski definition) is 2. The zero-order valence-corrected chi connectivity index (χ0v) is 10.3. The van der Waals surface area contributed by atoms with Gasteiger partial charge in [0.15, 0.2) is 0 Å². The second-order valence-electron chi connectivity index (χ2n) is 3.38. The third kappa shape index (κ3) is 3.58. The molecule has 0 fully saturated rings. The monoisotopic (exact) mass is 261 g/mol. The molecule has 0 aliphatic rings. The maximum absolute atomic E-state index is 11.7. The lowest BCUT2D eigenvalue weighted by atomic mass is 10.2. The Bertz CT molecular complexity index is 382. The van der Waals surface area contributed by atoms with Crippen LogP contribution in [0, 0.1) is 0 Å². The summed E-state index contributed by atoms with van der Waals surface area (Å²) in [5, 5.41) is 12.1. The maximum atomic E-state index is 11.7. The van der Waals surface area contributed by atoms with Crippen molar-refractivity contribution in [2.75, 3.05) is 6.54 Å². The first kappa shape index (κ1) is 13.1. The van der Waals surface area contributed by atoms with Gasteiger partial charge >= 0.3 is 0 Å². The average Bonchev–Trinajstić information content (AvgIpc) is 2.28. The Balaban J connectivity index is 2.69. The molecule has 3 nitrogen and oxygen atoms in total. The van der Waals surface area contributed by atoms with Crippen LogP contribution >= 0.6 is 23.2 Å². The number of phenols is 1. The van der Waals surface area contributed by atoms with Crippen LogP contribution in [0.2, 0.25) is 5.02 Å². The Labute approximate surface area is 104 Å². The number of carbonyl (C=O) groups excluding carboxylic acids is 1. The number of alkyl halides is 1. The summed E-state index contributed by atoms with van der Waals surface area (Å²) in [5.74, 6) is -0.326. The van der Waals surface area contributed by atoms with Crippen LogP contribution in [-0.4, -0.2) is 22.9 Å². The number of nitrogens with one attached hydrogen (secondary N) is 1. The van der Waals surface area contributed by atoms with Gasteiger partial charge in [0.1, 0.15) is 5.75 Å². The SMILES string of the molecule is CCC(Cl)CNC(=O)c1cc(O)ccc1Cl. The summed E-state index contributed by atoms with van der Waals surface area (Å²) >= 11 is 11.7. The van der Waals surface area contributed by atoms with Gasteiger partial charge in [0.25, 0.3) is 5.91 Å². The van der Waals surface area contributed by atoms with E-state index in [2.05, 4.69) is 5.32 Å². The normalized spacial score (nSPS) is 12.2. The van der Waals surface area contributed by atoms with Crippen LogP contribution in [-0.2, 0) is 0 Å². The predicted molar refractivity (Wildman–Crippen MR) is 65.4 cm³/mol. The van der Waals surface area contributed by atoms with E-state index in [0.717, 1.165) is 6.42 Å². The molecule has 0 aliphatic carbocycles. The lowest BCUT2D eigenvalue weighted by Gasteiger charge is -2.09. The third-order valence-corrected chi connectivity index (χ3v) is 2.91. The Morgan fingerprint density at radius 3 is 2.88 bits per heavy atom. The van der Waals surface area contributed by atoms with E-state index < -0.39 is 0 Å². The van der Waals surface area contributed by atoms with E-state index in [-0.39, 0.29) is 22.6 Å². The van der Waals surface area contributed by atoms with Gasteiger partial charge in [-0.15, -0.1) is 11.6 Å². The van der Waals surface area contributed by atoms with E-state index in [1.165, 1.54) is 18.2 Å². The summed E-state index contributed by atoms with van der Waals surface area (Å²) in [5.41, 5.74) is 0.252. The van der Waals surface area contributed by atoms with Crippen LogP contribution in [0.25, 0.3) is 0 Å². The minimum absolute atomic E-state index is 0.00691. The van der Waals surface area contributed by atoms with E-state index in [1.807, 2.05) is 6.92 Å². The van der Waals surface area contributed by atoms with E-state index in [4.69, 9.17) is 23.2 Å². The highest BCUT2D eigenvalue weighted by Crippen LogP contribution is 2.20. The van der Waals surface area contributed by atoms with Crippen LogP contribution in [0.1, 0.15) is 23.7 Å². The van der Waals surface area contributed by atoms with Gasteiger partial charge in [-0.1, -0.05) is 18.5 Å². The lowest BCUT2D eigenvalue weighted by Crippen LogP contribution is -2.29. The molecule has 0 aliphatic heterocycles. The highest BCUT2D eigenvalue weighted by atomic mass is 35.5. The zero-order valence-electron chi connectivity index (χ0n) is 8.84. The first-order chi connectivity index (χ1) is 7.54. The highest BCUT2D eigenvalue weighted by molar-refractivity contribution is 6.33. The fourth-order valence-electron chi connectivity index (χ4n) is 1.13. The van der Waals surface area contributed by atoms with E-state index in [0.29, 0.717) is 11.6 Å². The molecule has 16 heavy (non-hydrogen) atoms. The van der Waals surface area contributed by atoms with Crippen molar-refractivity contribution in [3.8, 4) is 5.75 Å². The fraction of sp³-hybridized carbons (Fsp3) is 0.364. The molecule has 1 rings (SSSR count). The molecular weight excluding hydrogens is 249 g/mol. The molecule has 0 bridgehead atoms. The van der Waals surface area contributed by atoms with Crippen LogP contribution in [0.3, 0.4) is 0 Å². The minimum Gasteiger partial charge on any atom is -0.508 e. The molecule has 5 heteroatoms. The summed E-state index contributed by atoms with van der Waals surface area (Å²) in [6.07, 6.45) is 0.773. The molecule has 0 radical (unpaired) electrons. The first-order valence-corrected chi connectivity index (χ1v) is 5.76. The van der Waals surface area contributed by atoms with Crippen LogP contribution in [0.4, 0.5) is 0 Å². The third-order valence-electron chi connectivity index (χ3n) is 2.12. The molecule has 1 aromatic rings. The van der Waals surface area contributed by atoms with Gasteiger partial charge in [-0.2, -0.15) is 0 Å². The number of benzene rings is 1. The van der Waals surface area contributed by atoms with Crippen molar-refractivity contribution in [3.05, 3.63) is 28.8 Å². The van der Waals surface area contributed by atoms with Gasteiger partial charge in [0, 0.05) is 6.54 Å². The molecule has 1 aromatic carbocycles. The second kappa shape index (κ2) is 5.97. The van der Waals surface area contributed by atoms with Gasteiger partial charge in [-0.05, 0) is 24.6 Å². The Kier molecular flexibility index (Phi) is 4.90. The van der Waals surface area contributed by atoms with Crippen molar-refractivity contribution >= 4 is 29.1 Å². The van der Waals surface area contributed by atoms with Gasteiger partial charge in [0.05, 0.1) is 16.0 Å². The number of halogens is 2. The molecule has 1 unspecified atom stereocenters. The molecule has 1 atom stereocenters. The number of rotatable bonds is 4. The smallest absolute Gasteiger partial charge is 0.252 e. The van der Waals surface area contributed by atoms with Crippen LogP contribution in [0.15, 0.2) is 18.2 Å². The van der Waals surface area contributed by atoms with Crippen molar-refractivity contribution < 1.29 is 9.90 Å². The summed E-state index contributed by atoms with van der Waals surface area (Å²) in [4.78, 5) is 11.7. The van der Waals surface area contributed by atoms with Crippen LogP contribution in [0.5, 0.6) is 5.75 Å². The molecule has 0 spiro atoms. The number of amides is 1. The quantitative estimate of drug-likeness (QED) is 0.820. The van der Waals surface area contributed by atoms with Crippen molar-refractivity contribution in [1.82, 2.24) is 5.32 Å². The molecule has 0 saturated heterocycles. The maximum Gasteiger partial charge on any atom is 0.252 e.